The average molecular weight is 329 g/mol. The molecule has 0 aliphatic carbocycles. The van der Waals surface area contributed by atoms with Crippen LogP contribution in [-0.4, -0.2) is 16.2 Å². The molecule has 4 nitrogen and oxygen atoms in total. The number of nitrogens with zero attached hydrogens (tertiary/aromatic N) is 2. The summed E-state index contributed by atoms with van der Waals surface area (Å²) in [6, 6.07) is 28.1. The van der Waals surface area contributed by atoms with Gasteiger partial charge < -0.3 is 14.6 Å². The van der Waals surface area contributed by atoms with Crippen molar-refractivity contribution < 1.29 is 4.74 Å². The molecule has 0 radical (unpaired) electrons. The Kier molecular flexibility index (Phi) is 4.33. The molecule has 124 valence electrons. The minimum atomic E-state index is 0.577. The molecule has 1 heterocycles. The van der Waals surface area contributed by atoms with Gasteiger partial charge in [-0.2, -0.15) is 0 Å². The van der Waals surface area contributed by atoms with Gasteiger partial charge in [-0.05, 0) is 36.4 Å². The molecule has 0 amide bonds. The summed E-state index contributed by atoms with van der Waals surface area (Å²) in [5.74, 6) is 1.70. The van der Waals surface area contributed by atoms with Gasteiger partial charge in [0.15, 0.2) is 0 Å². The number of hydrogen-bond acceptors (Lipinski definition) is 3. The highest BCUT2D eigenvalue weighted by Gasteiger charge is 2.10. The third-order valence-corrected chi connectivity index (χ3v) is 4.01. The minimum absolute atomic E-state index is 0.577. The molecule has 0 unspecified atom stereocenters. The van der Waals surface area contributed by atoms with E-state index in [0.29, 0.717) is 13.2 Å². The number of para-hydroxylation sites is 4. The lowest BCUT2D eigenvalue weighted by molar-refractivity contribution is 0.301. The third-order valence-electron chi connectivity index (χ3n) is 4.01. The third kappa shape index (κ3) is 3.48. The second kappa shape index (κ2) is 7.09. The van der Waals surface area contributed by atoms with Crippen LogP contribution in [-0.2, 0) is 6.54 Å². The molecule has 3 aromatic carbocycles. The van der Waals surface area contributed by atoms with Crippen molar-refractivity contribution in [1.29, 1.82) is 0 Å². The first-order valence-corrected chi connectivity index (χ1v) is 8.35. The van der Waals surface area contributed by atoms with Gasteiger partial charge in [-0.3, -0.25) is 0 Å². The van der Waals surface area contributed by atoms with Gasteiger partial charge in [-0.15, -0.1) is 0 Å². The molecule has 1 N–H and O–H groups in total. The van der Waals surface area contributed by atoms with Crippen LogP contribution < -0.4 is 10.1 Å². The molecule has 1 aromatic heterocycles. The van der Waals surface area contributed by atoms with E-state index in [9.17, 15) is 0 Å². The van der Waals surface area contributed by atoms with E-state index < -0.39 is 0 Å². The molecular weight excluding hydrogens is 310 g/mol. The quantitative estimate of drug-likeness (QED) is 0.549. The molecule has 0 saturated heterocycles. The summed E-state index contributed by atoms with van der Waals surface area (Å²) >= 11 is 0. The Hall–Kier alpha value is -3.27. The molecule has 0 atom stereocenters. The Balaban J connectivity index is 1.58. The number of benzene rings is 3. The number of anilines is 2. The van der Waals surface area contributed by atoms with E-state index in [-0.39, 0.29) is 0 Å². The first-order valence-electron chi connectivity index (χ1n) is 8.35. The lowest BCUT2D eigenvalue weighted by Crippen LogP contribution is -2.10. The van der Waals surface area contributed by atoms with Crippen molar-refractivity contribution in [2.45, 2.75) is 6.54 Å². The molecule has 4 aromatic rings. The van der Waals surface area contributed by atoms with Crippen LogP contribution in [0.15, 0.2) is 84.9 Å². The van der Waals surface area contributed by atoms with E-state index in [4.69, 9.17) is 9.72 Å². The molecule has 4 rings (SSSR count). The van der Waals surface area contributed by atoms with Crippen molar-refractivity contribution in [2.24, 2.45) is 0 Å². The first kappa shape index (κ1) is 15.3. The summed E-state index contributed by atoms with van der Waals surface area (Å²) in [5, 5.41) is 3.41. The van der Waals surface area contributed by atoms with Crippen LogP contribution >= 0.6 is 0 Å². The largest absolute Gasteiger partial charge is 0.492 e. The molecular formula is C21H19N3O. The molecule has 0 aliphatic rings. The lowest BCUT2D eigenvalue weighted by atomic mass is 10.3. The van der Waals surface area contributed by atoms with E-state index in [1.54, 1.807) is 0 Å². The monoisotopic (exact) mass is 329 g/mol. The van der Waals surface area contributed by atoms with Gasteiger partial charge in [0, 0.05) is 5.69 Å². The fourth-order valence-corrected chi connectivity index (χ4v) is 2.82. The van der Waals surface area contributed by atoms with Crippen LogP contribution in [0.3, 0.4) is 0 Å². The maximum atomic E-state index is 5.86. The number of nitrogens with one attached hydrogen (secondary N) is 1. The van der Waals surface area contributed by atoms with Crippen LogP contribution in [0.1, 0.15) is 0 Å². The normalized spacial score (nSPS) is 10.7. The standard InChI is InChI=1S/C21H19N3O/c1-3-9-17(10-4-1)22-21-23-19-13-7-8-14-20(19)24(21)15-16-25-18-11-5-2-6-12-18/h1-14H,15-16H2,(H,22,23). The average Bonchev–Trinajstić information content (AvgIpc) is 3.01. The topological polar surface area (TPSA) is 39.1 Å². The SMILES string of the molecule is c1ccc(Nc2nc3ccccc3n2CCOc2ccccc2)cc1. The summed E-state index contributed by atoms with van der Waals surface area (Å²) in [7, 11) is 0. The molecule has 4 heteroatoms. The first-order chi connectivity index (χ1) is 12.4. The Morgan fingerprint density at radius 1 is 0.800 bits per heavy atom. The zero-order chi connectivity index (χ0) is 16.9. The molecule has 0 saturated carbocycles. The fraction of sp³-hybridized carbons (Fsp3) is 0.0952. The Labute approximate surface area is 146 Å². The van der Waals surface area contributed by atoms with Gasteiger partial charge in [-0.25, -0.2) is 4.98 Å². The molecule has 0 spiro atoms. The fourth-order valence-electron chi connectivity index (χ4n) is 2.82. The van der Waals surface area contributed by atoms with Crippen molar-refractivity contribution in [3.8, 4) is 5.75 Å². The summed E-state index contributed by atoms with van der Waals surface area (Å²) in [4.78, 5) is 4.73. The van der Waals surface area contributed by atoms with Gasteiger partial charge in [0.1, 0.15) is 12.4 Å². The van der Waals surface area contributed by atoms with Crippen molar-refractivity contribution in [2.75, 3.05) is 11.9 Å². The maximum absolute atomic E-state index is 5.86. The van der Waals surface area contributed by atoms with E-state index in [1.165, 1.54) is 0 Å². The van der Waals surface area contributed by atoms with Crippen molar-refractivity contribution in [1.82, 2.24) is 9.55 Å². The highest BCUT2D eigenvalue weighted by molar-refractivity contribution is 5.79. The number of imidazole rings is 1. The number of rotatable bonds is 6. The maximum Gasteiger partial charge on any atom is 0.208 e. The molecule has 0 aliphatic heterocycles. The summed E-state index contributed by atoms with van der Waals surface area (Å²) in [6.07, 6.45) is 0. The summed E-state index contributed by atoms with van der Waals surface area (Å²) in [5.41, 5.74) is 3.08. The van der Waals surface area contributed by atoms with Crippen LogP contribution in [0.2, 0.25) is 0 Å². The van der Waals surface area contributed by atoms with Crippen LogP contribution in [0, 0.1) is 0 Å². The summed E-state index contributed by atoms with van der Waals surface area (Å²) < 4.78 is 8.02. The molecule has 0 bridgehead atoms. The van der Waals surface area contributed by atoms with Gasteiger partial charge in [0.05, 0.1) is 17.6 Å². The predicted molar refractivity (Wildman–Crippen MR) is 101 cm³/mol. The minimum Gasteiger partial charge on any atom is -0.492 e. The second-order valence-corrected chi connectivity index (χ2v) is 5.73. The van der Waals surface area contributed by atoms with Gasteiger partial charge >= 0.3 is 0 Å². The van der Waals surface area contributed by atoms with Crippen LogP contribution in [0.4, 0.5) is 11.6 Å². The zero-order valence-electron chi connectivity index (χ0n) is 13.8. The zero-order valence-corrected chi connectivity index (χ0v) is 13.8. The van der Waals surface area contributed by atoms with Gasteiger partial charge in [0.25, 0.3) is 0 Å². The Bertz CT molecular complexity index is 949. The van der Waals surface area contributed by atoms with Crippen molar-refractivity contribution in [3.05, 3.63) is 84.9 Å². The number of aromatic nitrogens is 2. The van der Waals surface area contributed by atoms with E-state index >= 15 is 0 Å². The predicted octanol–water partition coefficient (Wildman–Crippen LogP) is 4.86. The van der Waals surface area contributed by atoms with E-state index in [1.807, 2.05) is 78.9 Å². The van der Waals surface area contributed by atoms with Crippen molar-refractivity contribution in [3.63, 3.8) is 0 Å². The second-order valence-electron chi connectivity index (χ2n) is 5.73. The van der Waals surface area contributed by atoms with E-state index in [2.05, 4.69) is 16.0 Å². The highest BCUT2D eigenvalue weighted by atomic mass is 16.5. The van der Waals surface area contributed by atoms with Crippen molar-refractivity contribution >= 4 is 22.7 Å². The van der Waals surface area contributed by atoms with Gasteiger partial charge in [-0.1, -0.05) is 48.5 Å². The Morgan fingerprint density at radius 2 is 1.48 bits per heavy atom. The molecule has 25 heavy (non-hydrogen) atoms. The number of fused-ring (bicyclic) bond motifs is 1. The van der Waals surface area contributed by atoms with Crippen LogP contribution in [0.5, 0.6) is 5.75 Å². The lowest BCUT2D eigenvalue weighted by Gasteiger charge is -2.12. The number of ether oxygens (including phenoxy) is 1. The smallest absolute Gasteiger partial charge is 0.208 e. The summed E-state index contributed by atoms with van der Waals surface area (Å²) in [6.45, 7) is 1.29. The molecule has 0 fully saturated rings. The van der Waals surface area contributed by atoms with Gasteiger partial charge in [0.2, 0.25) is 5.95 Å². The van der Waals surface area contributed by atoms with E-state index in [0.717, 1.165) is 28.4 Å². The Morgan fingerprint density at radius 3 is 2.28 bits per heavy atom. The van der Waals surface area contributed by atoms with Crippen LogP contribution in [0.25, 0.3) is 11.0 Å². The number of hydrogen-bond donors (Lipinski definition) is 1. The highest BCUT2D eigenvalue weighted by Crippen LogP contribution is 2.22.